The number of carbonyl (C=O) groups excluding carboxylic acids is 1. The van der Waals surface area contributed by atoms with Crippen LogP contribution in [0.5, 0.6) is 0 Å². The summed E-state index contributed by atoms with van der Waals surface area (Å²) >= 11 is 3.47. The van der Waals surface area contributed by atoms with Crippen molar-refractivity contribution in [1.82, 2.24) is 5.32 Å². The van der Waals surface area contributed by atoms with Crippen LogP contribution in [-0.4, -0.2) is 18.5 Å². The molecule has 0 spiro atoms. The van der Waals surface area contributed by atoms with Crippen LogP contribution in [0.25, 0.3) is 0 Å². The molecule has 1 aliphatic rings. The highest BCUT2D eigenvalue weighted by molar-refractivity contribution is 9.10. The SMILES string of the molecule is Cc1ccc(NC(=O)C2CC(C)CCN2)cc1Br. The summed E-state index contributed by atoms with van der Waals surface area (Å²) in [6, 6.07) is 5.81. The van der Waals surface area contributed by atoms with E-state index >= 15 is 0 Å². The minimum atomic E-state index is -0.0613. The number of hydrogen-bond acceptors (Lipinski definition) is 2. The smallest absolute Gasteiger partial charge is 0.241 e. The van der Waals surface area contributed by atoms with Gasteiger partial charge in [-0.1, -0.05) is 28.9 Å². The Kier molecular flexibility index (Phi) is 4.40. The lowest BCUT2D eigenvalue weighted by Crippen LogP contribution is -2.45. The minimum absolute atomic E-state index is 0.0613. The van der Waals surface area contributed by atoms with Crippen LogP contribution in [0.3, 0.4) is 0 Å². The van der Waals surface area contributed by atoms with Crippen LogP contribution in [0.2, 0.25) is 0 Å². The second kappa shape index (κ2) is 5.85. The Morgan fingerprint density at radius 1 is 1.50 bits per heavy atom. The van der Waals surface area contributed by atoms with E-state index in [0.717, 1.165) is 35.1 Å². The fraction of sp³-hybridized carbons (Fsp3) is 0.500. The number of benzene rings is 1. The lowest BCUT2D eigenvalue weighted by atomic mass is 9.94. The highest BCUT2D eigenvalue weighted by Crippen LogP contribution is 2.21. The van der Waals surface area contributed by atoms with Gasteiger partial charge in [-0.2, -0.15) is 0 Å². The van der Waals surface area contributed by atoms with Crippen LogP contribution in [0, 0.1) is 12.8 Å². The van der Waals surface area contributed by atoms with Gasteiger partial charge in [-0.15, -0.1) is 0 Å². The molecule has 98 valence electrons. The third kappa shape index (κ3) is 3.33. The Morgan fingerprint density at radius 3 is 2.94 bits per heavy atom. The molecule has 0 radical (unpaired) electrons. The van der Waals surface area contributed by atoms with E-state index in [9.17, 15) is 4.79 Å². The number of hydrogen-bond donors (Lipinski definition) is 2. The van der Waals surface area contributed by atoms with E-state index in [4.69, 9.17) is 0 Å². The lowest BCUT2D eigenvalue weighted by Gasteiger charge is -2.27. The molecule has 18 heavy (non-hydrogen) atoms. The summed E-state index contributed by atoms with van der Waals surface area (Å²) in [6.45, 7) is 5.15. The first-order valence-electron chi connectivity index (χ1n) is 6.36. The Labute approximate surface area is 116 Å². The predicted molar refractivity (Wildman–Crippen MR) is 77.7 cm³/mol. The molecule has 1 heterocycles. The predicted octanol–water partition coefficient (Wildman–Crippen LogP) is 3.08. The Hall–Kier alpha value is -0.870. The van der Waals surface area contributed by atoms with Crippen LogP contribution in [0.1, 0.15) is 25.3 Å². The summed E-state index contributed by atoms with van der Waals surface area (Å²) in [5.74, 6) is 0.684. The normalized spacial score (nSPS) is 23.7. The number of anilines is 1. The van der Waals surface area contributed by atoms with Crippen LogP contribution in [0.15, 0.2) is 22.7 Å². The molecule has 4 heteroatoms. The number of rotatable bonds is 2. The first kappa shape index (κ1) is 13.6. The van der Waals surface area contributed by atoms with Gasteiger partial charge in [0.05, 0.1) is 6.04 Å². The quantitative estimate of drug-likeness (QED) is 0.881. The van der Waals surface area contributed by atoms with E-state index in [-0.39, 0.29) is 11.9 Å². The van der Waals surface area contributed by atoms with Gasteiger partial charge in [0.15, 0.2) is 0 Å². The van der Waals surface area contributed by atoms with E-state index in [2.05, 4.69) is 33.5 Å². The minimum Gasteiger partial charge on any atom is -0.325 e. The molecular weight excluding hydrogens is 292 g/mol. The van der Waals surface area contributed by atoms with Crippen LogP contribution in [-0.2, 0) is 4.79 Å². The number of piperidine rings is 1. The number of nitrogens with one attached hydrogen (secondary N) is 2. The summed E-state index contributed by atoms with van der Waals surface area (Å²) in [4.78, 5) is 12.1. The lowest BCUT2D eigenvalue weighted by molar-refractivity contribution is -0.119. The Bertz CT molecular complexity index is 447. The monoisotopic (exact) mass is 310 g/mol. The third-order valence-corrected chi connectivity index (χ3v) is 4.28. The van der Waals surface area contributed by atoms with Gasteiger partial charge in [0, 0.05) is 10.2 Å². The molecule has 1 saturated heterocycles. The first-order valence-corrected chi connectivity index (χ1v) is 7.16. The summed E-state index contributed by atoms with van der Waals surface area (Å²) in [7, 11) is 0. The molecule has 3 nitrogen and oxygen atoms in total. The van der Waals surface area contributed by atoms with Crippen LogP contribution in [0.4, 0.5) is 5.69 Å². The Balaban J connectivity index is 2.00. The van der Waals surface area contributed by atoms with Crippen molar-refractivity contribution in [1.29, 1.82) is 0 Å². The molecule has 1 fully saturated rings. The third-order valence-electron chi connectivity index (χ3n) is 3.42. The molecule has 0 saturated carbocycles. The molecule has 2 atom stereocenters. The molecule has 2 N–H and O–H groups in total. The van der Waals surface area contributed by atoms with Gasteiger partial charge >= 0.3 is 0 Å². The molecule has 1 amide bonds. The van der Waals surface area contributed by atoms with Gasteiger partial charge in [0.1, 0.15) is 0 Å². The molecule has 2 unspecified atom stereocenters. The van der Waals surface area contributed by atoms with Gasteiger partial charge in [0.25, 0.3) is 0 Å². The first-order chi connectivity index (χ1) is 8.56. The number of halogens is 1. The Morgan fingerprint density at radius 2 is 2.28 bits per heavy atom. The molecule has 1 aliphatic heterocycles. The fourth-order valence-corrected chi connectivity index (χ4v) is 2.59. The van der Waals surface area contributed by atoms with Gasteiger partial charge in [-0.25, -0.2) is 0 Å². The fourth-order valence-electron chi connectivity index (χ4n) is 2.21. The molecule has 1 aromatic rings. The number of aryl methyl sites for hydroxylation is 1. The van der Waals surface area contributed by atoms with Crippen molar-refractivity contribution in [2.45, 2.75) is 32.7 Å². The topological polar surface area (TPSA) is 41.1 Å². The maximum Gasteiger partial charge on any atom is 0.241 e. The summed E-state index contributed by atoms with van der Waals surface area (Å²) in [6.07, 6.45) is 2.07. The van der Waals surface area contributed by atoms with Crippen molar-refractivity contribution in [2.75, 3.05) is 11.9 Å². The molecule has 0 aromatic heterocycles. The van der Waals surface area contributed by atoms with Gasteiger partial charge in [-0.3, -0.25) is 4.79 Å². The maximum atomic E-state index is 12.1. The standard InChI is InChI=1S/C14H19BrN2O/c1-9-5-6-16-13(7-9)14(18)17-11-4-3-10(2)12(15)8-11/h3-4,8-9,13,16H,5-7H2,1-2H3,(H,17,18). The molecule has 0 aliphatic carbocycles. The highest BCUT2D eigenvalue weighted by Gasteiger charge is 2.24. The summed E-state index contributed by atoms with van der Waals surface area (Å²) < 4.78 is 1.02. The highest BCUT2D eigenvalue weighted by atomic mass is 79.9. The van der Waals surface area contributed by atoms with Crippen molar-refractivity contribution in [2.24, 2.45) is 5.92 Å². The average molecular weight is 311 g/mol. The van der Waals surface area contributed by atoms with Crippen molar-refractivity contribution in [3.05, 3.63) is 28.2 Å². The average Bonchev–Trinajstić information content (AvgIpc) is 2.34. The number of carbonyl (C=O) groups is 1. The summed E-state index contributed by atoms with van der Waals surface area (Å²) in [5, 5.41) is 6.24. The van der Waals surface area contributed by atoms with Crippen LogP contribution >= 0.6 is 15.9 Å². The van der Waals surface area contributed by atoms with E-state index < -0.39 is 0 Å². The molecular formula is C14H19BrN2O. The van der Waals surface area contributed by atoms with Crippen LogP contribution < -0.4 is 10.6 Å². The van der Waals surface area contributed by atoms with E-state index in [1.807, 2.05) is 25.1 Å². The maximum absolute atomic E-state index is 12.1. The van der Waals surface area contributed by atoms with E-state index in [0.29, 0.717) is 5.92 Å². The second-order valence-electron chi connectivity index (χ2n) is 5.09. The summed E-state index contributed by atoms with van der Waals surface area (Å²) in [5.41, 5.74) is 2.01. The van der Waals surface area contributed by atoms with Crippen molar-refractivity contribution < 1.29 is 4.79 Å². The zero-order valence-corrected chi connectivity index (χ0v) is 12.4. The van der Waals surface area contributed by atoms with Crippen molar-refractivity contribution >= 4 is 27.5 Å². The van der Waals surface area contributed by atoms with Gasteiger partial charge in [0.2, 0.25) is 5.91 Å². The zero-order chi connectivity index (χ0) is 13.1. The second-order valence-corrected chi connectivity index (χ2v) is 5.94. The zero-order valence-electron chi connectivity index (χ0n) is 10.8. The van der Waals surface area contributed by atoms with Gasteiger partial charge in [-0.05, 0) is 49.9 Å². The molecule has 2 rings (SSSR count). The van der Waals surface area contributed by atoms with Gasteiger partial charge < -0.3 is 10.6 Å². The molecule has 0 bridgehead atoms. The molecule has 1 aromatic carbocycles. The van der Waals surface area contributed by atoms with E-state index in [1.165, 1.54) is 0 Å². The van der Waals surface area contributed by atoms with Crippen molar-refractivity contribution in [3.8, 4) is 0 Å². The van der Waals surface area contributed by atoms with Crippen molar-refractivity contribution in [3.63, 3.8) is 0 Å². The largest absolute Gasteiger partial charge is 0.325 e. The number of amides is 1. The van der Waals surface area contributed by atoms with E-state index in [1.54, 1.807) is 0 Å².